The number of amides is 2. The van der Waals surface area contributed by atoms with E-state index in [9.17, 15) is 9.59 Å². The molecule has 2 aliphatic carbocycles. The number of hydrogen-bond acceptors (Lipinski definition) is 2. The Hall–Kier alpha value is -1.26. The van der Waals surface area contributed by atoms with Crippen LogP contribution in [0.15, 0.2) is 0 Å². The monoisotopic (exact) mass is 282 g/mol. The predicted octanol–water partition coefficient (Wildman–Crippen LogP) is 2.46. The Morgan fingerprint density at radius 3 is 2.40 bits per heavy atom. The molecule has 2 N–H and O–H groups in total. The number of urea groups is 1. The second-order valence-corrected chi connectivity index (χ2v) is 6.48. The Labute approximate surface area is 120 Å². The highest BCUT2D eigenvalue weighted by atomic mass is 16.4. The number of nitrogens with one attached hydrogen (secondary N) is 1. The highest BCUT2D eigenvalue weighted by Gasteiger charge is 2.34. The van der Waals surface area contributed by atoms with Crippen LogP contribution in [-0.4, -0.2) is 40.6 Å². The molecule has 0 aliphatic heterocycles. The van der Waals surface area contributed by atoms with Crippen molar-refractivity contribution in [2.24, 2.45) is 11.8 Å². The van der Waals surface area contributed by atoms with Crippen LogP contribution < -0.4 is 5.32 Å². The van der Waals surface area contributed by atoms with Crippen molar-refractivity contribution in [3.8, 4) is 0 Å². The van der Waals surface area contributed by atoms with Gasteiger partial charge in [0, 0.05) is 18.6 Å². The highest BCUT2D eigenvalue weighted by molar-refractivity contribution is 5.76. The quantitative estimate of drug-likeness (QED) is 0.813. The van der Waals surface area contributed by atoms with Crippen LogP contribution in [0.2, 0.25) is 0 Å². The summed E-state index contributed by atoms with van der Waals surface area (Å²) in [5, 5.41) is 11.9. The van der Waals surface area contributed by atoms with Crippen molar-refractivity contribution in [3.05, 3.63) is 0 Å². The lowest BCUT2D eigenvalue weighted by Crippen LogP contribution is -2.48. The van der Waals surface area contributed by atoms with E-state index in [1.807, 2.05) is 0 Å². The van der Waals surface area contributed by atoms with E-state index < -0.39 is 5.97 Å². The summed E-state index contributed by atoms with van der Waals surface area (Å²) < 4.78 is 0. The molecule has 2 saturated carbocycles. The van der Waals surface area contributed by atoms with Crippen molar-refractivity contribution >= 4 is 12.0 Å². The largest absolute Gasteiger partial charge is 0.481 e. The molecule has 2 fully saturated rings. The average Bonchev–Trinajstić information content (AvgIpc) is 3.18. The first kappa shape index (κ1) is 15.1. The number of rotatable bonds is 5. The van der Waals surface area contributed by atoms with E-state index in [2.05, 4.69) is 19.2 Å². The Kier molecular flexibility index (Phi) is 4.89. The van der Waals surface area contributed by atoms with E-state index in [-0.39, 0.29) is 24.5 Å². The molecule has 0 radical (unpaired) electrons. The zero-order valence-corrected chi connectivity index (χ0v) is 12.5. The van der Waals surface area contributed by atoms with Crippen LogP contribution in [0.1, 0.15) is 52.4 Å². The first-order valence-electron chi connectivity index (χ1n) is 7.76. The maximum Gasteiger partial charge on any atom is 0.317 e. The maximum atomic E-state index is 12.3. The van der Waals surface area contributed by atoms with Gasteiger partial charge in [0.15, 0.2) is 0 Å². The van der Waals surface area contributed by atoms with Crippen LogP contribution >= 0.6 is 0 Å². The third-order valence-electron chi connectivity index (χ3n) is 4.74. The van der Waals surface area contributed by atoms with Gasteiger partial charge in [0.25, 0.3) is 0 Å². The standard InChI is InChI=1S/C15H26N2O3/c1-10-3-4-12(9-11(10)2)16-15(20)17(13-5-6-13)8-7-14(18)19/h10-13H,3-9H2,1-2H3,(H,16,20)(H,18,19). The van der Waals surface area contributed by atoms with Crippen molar-refractivity contribution in [2.45, 2.75) is 64.5 Å². The average molecular weight is 282 g/mol. The zero-order chi connectivity index (χ0) is 14.7. The van der Waals surface area contributed by atoms with Gasteiger partial charge in [0.05, 0.1) is 6.42 Å². The van der Waals surface area contributed by atoms with E-state index in [4.69, 9.17) is 5.11 Å². The number of carboxylic acid groups (broad SMARTS) is 1. The number of nitrogens with zero attached hydrogens (tertiary/aromatic N) is 1. The molecule has 0 aromatic rings. The van der Waals surface area contributed by atoms with Gasteiger partial charge in [-0.15, -0.1) is 0 Å². The smallest absolute Gasteiger partial charge is 0.317 e. The van der Waals surface area contributed by atoms with Crippen LogP contribution in [0.25, 0.3) is 0 Å². The Bertz CT molecular complexity index is 368. The summed E-state index contributed by atoms with van der Waals surface area (Å²) >= 11 is 0. The molecule has 0 saturated heterocycles. The number of hydrogen-bond donors (Lipinski definition) is 2. The van der Waals surface area contributed by atoms with Crippen molar-refractivity contribution in [3.63, 3.8) is 0 Å². The Morgan fingerprint density at radius 1 is 1.15 bits per heavy atom. The van der Waals surface area contributed by atoms with Crippen LogP contribution in [0.4, 0.5) is 4.79 Å². The number of aliphatic carboxylic acids is 1. The molecule has 5 heteroatoms. The fourth-order valence-corrected chi connectivity index (χ4v) is 2.99. The Morgan fingerprint density at radius 2 is 1.85 bits per heavy atom. The van der Waals surface area contributed by atoms with Crippen molar-refractivity contribution < 1.29 is 14.7 Å². The molecule has 3 unspecified atom stereocenters. The van der Waals surface area contributed by atoms with Crippen molar-refractivity contribution in [1.82, 2.24) is 10.2 Å². The third-order valence-corrected chi connectivity index (χ3v) is 4.74. The van der Waals surface area contributed by atoms with Gasteiger partial charge in [0.1, 0.15) is 0 Å². The molecule has 2 aliphatic rings. The molecule has 2 amide bonds. The maximum absolute atomic E-state index is 12.3. The van der Waals surface area contributed by atoms with Gasteiger partial charge in [-0.3, -0.25) is 4.79 Å². The Balaban J connectivity index is 1.83. The van der Waals surface area contributed by atoms with Crippen LogP contribution in [-0.2, 0) is 4.79 Å². The molecule has 114 valence electrons. The molecule has 5 nitrogen and oxygen atoms in total. The van der Waals surface area contributed by atoms with Gasteiger partial charge in [-0.1, -0.05) is 13.8 Å². The molecular formula is C15H26N2O3. The van der Waals surface area contributed by atoms with E-state index in [0.29, 0.717) is 12.5 Å². The minimum absolute atomic E-state index is 0.0298. The molecule has 0 spiro atoms. The summed E-state index contributed by atoms with van der Waals surface area (Å²) in [7, 11) is 0. The SMILES string of the molecule is CC1CCC(NC(=O)N(CCC(=O)O)C2CC2)CC1C. The first-order chi connectivity index (χ1) is 9.47. The minimum Gasteiger partial charge on any atom is -0.481 e. The fraction of sp³-hybridized carbons (Fsp3) is 0.867. The molecule has 20 heavy (non-hydrogen) atoms. The summed E-state index contributed by atoms with van der Waals surface area (Å²) in [5.74, 6) is 0.528. The third kappa shape index (κ3) is 4.12. The summed E-state index contributed by atoms with van der Waals surface area (Å²) in [6.45, 7) is 4.84. The van der Waals surface area contributed by atoms with Crippen LogP contribution in [0.3, 0.4) is 0 Å². The van der Waals surface area contributed by atoms with Crippen LogP contribution in [0.5, 0.6) is 0 Å². The molecule has 0 aromatic heterocycles. The number of carboxylic acids is 1. The summed E-state index contributed by atoms with van der Waals surface area (Å²) in [4.78, 5) is 24.7. The molecular weight excluding hydrogens is 256 g/mol. The van der Waals surface area contributed by atoms with E-state index in [0.717, 1.165) is 38.0 Å². The van der Waals surface area contributed by atoms with Gasteiger partial charge in [-0.2, -0.15) is 0 Å². The van der Waals surface area contributed by atoms with Gasteiger partial charge in [0.2, 0.25) is 0 Å². The van der Waals surface area contributed by atoms with Gasteiger partial charge in [-0.05, 0) is 43.9 Å². The summed E-state index contributed by atoms with van der Waals surface area (Å²) in [5.41, 5.74) is 0. The van der Waals surface area contributed by atoms with Crippen molar-refractivity contribution in [2.75, 3.05) is 6.54 Å². The normalized spacial score (nSPS) is 29.8. The highest BCUT2D eigenvalue weighted by Crippen LogP contribution is 2.30. The van der Waals surface area contributed by atoms with Gasteiger partial charge < -0.3 is 15.3 Å². The van der Waals surface area contributed by atoms with Crippen LogP contribution in [0, 0.1) is 11.8 Å². The summed E-state index contributed by atoms with van der Waals surface area (Å²) in [6, 6.07) is 0.439. The second-order valence-electron chi connectivity index (χ2n) is 6.48. The molecule has 0 heterocycles. The lowest BCUT2D eigenvalue weighted by atomic mass is 9.79. The molecule has 0 bridgehead atoms. The lowest BCUT2D eigenvalue weighted by Gasteiger charge is -2.34. The topological polar surface area (TPSA) is 69.6 Å². The minimum atomic E-state index is -0.844. The van der Waals surface area contributed by atoms with Gasteiger partial charge >= 0.3 is 12.0 Å². The molecule has 3 atom stereocenters. The van der Waals surface area contributed by atoms with E-state index in [1.165, 1.54) is 0 Å². The molecule has 2 rings (SSSR count). The van der Waals surface area contributed by atoms with E-state index >= 15 is 0 Å². The molecule has 0 aromatic carbocycles. The van der Waals surface area contributed by atoms with E-state index in [1.54, 1.807) is 4.90 Å². The lowest BCUT2D eigenvalue weighted by molar-refractivity contribution is -0.137. The van der Waals surface area contributed by atoms with Crippen molar-refractivity contribution in [1.29, 1.82) is 0 Å². The number of carbonyl (C=O) groups excluding carboxylic acids is 1. The number of carbonyl (C=O) groups is 2. The second kappa shape index (κ2) is 6.46. The van der Waals surface area contributed by atoms with Gasteiger partial charge in [-0.25, -0.2) is 4.79 Å². The predicted molar refractivity (Wildman–Crippen MR) is 76.5 cm³/mol. The zero-order valence-electron chi connectivity index (χ0n) is 12.5. The first-order valence-corrected chi connectivity index (χ1v) is 7.76. The fourth-order valence-electron chi connectivity index (χ4n) is 2.99. The summed E-state index contributed by atoms with van der Waals surface area (Å²) in [6.07, 6.45) is 5.27.